The minimum absolute atomic E-state index is 0.201. The molecule has 2 N–H and O–H groups in total. The van der Waals surface area contributed by atoms with Gasteiger partial charge in [0.25, 0.3) is 11.8 Å². The highest BCUT2D eigenvalue weighted by Gasteiger charge is 2.28. The summed E-state index contributed by atoms with van der Waals surface area (Å²) < 4.78 is 17.3. The van der Waals surface area contributed by atoms with Gasteiger partial charge in [-0.15, -0.1) is 0 Å². The molecular formula is C24H21BrN4O5. The summed E-state index contributed by atoms with van der Waals surface area (Å²) in [4.78, 5) is 29.4. The van der Waals surface area contributed by atoms with Crippen LogP contribution in [0.3, 0.4) is 0 Å². The molecule has 3 heterocycles. The normalized spacial score (nSPS) is 15.2. The maximum absolute atomic E-state index is 12.9. The second kappa shape index (κ2) is 9.30. The summed E-state index contributed by atoms with van der Waals surface area (Å²) in [6.45, 7) is 2.35. The Hall–Kier alpha value is -3.66. The van der Waals surface area contributed by atoms with E-state index in [1.54, 1.807) is 12.3 Å². The van der Waals surface area contributed by atoms with Crippen LogP contribution in [0.4, 0.5) is 0 Å². The van der Waals surface area contributed by atoms with E-state index in [1.807, 2.05) is 25.1 Å². The Balaban J connectivity index is 1.31. The summed E-state index contributed by atoms with van der Waals surface area (Å²) in [5, 5.41) is 7.25. The first-order chi connectivity index (χ1) is 16.5. The lowest BCUT2D eigenvalue weighted by molar-refractivity contribution is 0.0919. The average molecular weight is 525 g/mol. The van der Waals surface area contributed by atoms with Crippen molar-refractivity contribution in [1.29, 1.82) is 0 Å². The van der Waals surface area contributed by atoms with Crippen molar-refractivity contribution < 1.29 is 23.5 Å². The minimum atomic E-state index is -0.365. The summed E-state index contributed by atoms with van der Waals surface area (Å²) in [6, 6.07) is 7.21. The first kappa shape index (κ1) is 22.1. The van der Waals surface area contributed by atoms with Crippen molar-refractivity contribution >= 4 is 33.5 Å². The van der Waals surface area contributed by atoms with E-state index in [0.717, 1.165) is 17.5 Å². The van der Waals surface area contributed by atoms with Crippen molar-refractivity contribution in [3.05, 3.63) is 74.9 Å². The van der Waals surface area contributed by atoms with Gasteiger partial charge in [0.05, 0.1) is 11.3 Å². The fourth-order valence-corrected chi connectivity index (χ4v) is 4.39. The van der Waals surface area contributed by atoms with Gasteiger partial charge in [-0.2, -0.15) is 5.10 Å². The lowest BCUT2D eigenvalue weighted by Crippen LogP contribution is -2.23. The van der Waals surface area contributed by atoms with Crippen molar-refractivity contribution in [3.8, 4) is 11.5 Å². The van der Waals surface area contributed by atoms with Crippen LogP contribution < -0.4 is 20.2 Å². The summed E-state index contributed by atoms with van der Waals surface area (Å²) in [6.07, 6.45) is 5.25. The number of hydrazone groups is 1. The molecule has 2 aromatic heterocycles. The lowest BCUT2D eigenvalue weighted by atomic mass is 9.93. The molecule has 10 heteroatoms. The van der Waals surface area contributed by atoms with Crippen molar-refractivity contribution in [3.63, 3.8) is 0 Å². The van der Waals surface area contributed by atoms with Gasteiger partial charge in [0.1, 0.15) is 5.76 Å². The minimum Gasteiger partial charge on any atom is -0.455 e. The highest BCUT2D eigenvalue weighted by molar-refractivity contribution is 9.10. The number of aryl methyl sites for hydroxylation is 1. The Labute approximate surface area is 203 Å². The molecule has 0 bridgehead atoms. The number of amides is 2. The van der Waals surface area contributed by atoms with E-state index >= 15 is 0 Å². The average Bonchev–Trinajstić information content (AvgIpc) is 3.45. The van der Waals surface area contributed by atoms with E-state index < -0.39 is 0 Å². The number of nitrogens with zero attached hydrogens (tertiary/aromatic N) is 2. The number of ether oxygens (including phenoxy) is 2. The molecule has 34 heavy (non-hydrogen) atoms. The van der Waals surface area contributed by atoms with E-state index in [1.165, 1.54) is 6.20 Å². The van der Waals surface area contributed by atoms with Crippen LogP contribution in [0.25, 0.3) is 0 Å². The fraction of sp³-hybridized carbons (Fsp3) is 0.250. The van der Waals surface area contributed by atoms with Crippen molar-refractivity contribution in [2.24, 2.45) is 5.10 Å². The van der Waals surface area contributed by atoms with E-state index in [4.69, 9.17) is 13.9 Å². The SMILES string of the molecule is Cc1c(C(=O)NCc2ccc3c(c2)OCO3)oc2c1/C(=N/NC(=O)c1cncc(Br)c1)CCC2. The lowest BCUT2D eigenvalue weighted by Gasteiger charge is -2.13. The number of benzene rings is 1. The molecule has 2 amide bonds. The number of rotatable bonds is 5. The van der Waals surface area contributed by atoms with Crippen LogP contribution in [0.15, 0.2) is 50.7 Å². The van der Waals surface area contributed by atoms with E-state index in [-0.39, 0.29) is 24.4 Å². The molecular weight excluding hydrogens is 504 g/mol. The molecule has 2 aliphatic rings. The second-order valence-corrected chi connectivity index (χ2v) is 8.89. The Bertz CT molecular complexity index is 1320. The summed E-state index contributed by atoms with van der Waals surface area (Å²) >= 11 is 3.31. The third-order valence-corrected chi connectivity index (χ3v) is 6.12. The number of fused-ring (bicyclic) bond motifs is 2. The monoisotopic (exact) mass is 524 g/mol. The Morgan fingerprint density at radius 3 is 2.82 bits per heavy atom. The first-order valence-electron chi connectivity index (χ1n) is 10.8. The number of carbonyl (C=O) groups excluding carboxylic acids is 2. The summed E-state index contributed by atoms with van der Waals surface area (Å²) in [5.41, 5.74) is 6.05. The predicted molar refractivity (Wildman–Crippen MR) is 126 cm³/mol. The standard InChI is InChI=1S/C24H21BrN4O5/c1-13-21-17(28-29-23(30)15-8-16(25)11-26-10-15)3-2-4-19(21)34-22(13)24(31)27-9-14-5-6-18-20(7-14)33-12-32-18/h5-8,10-11H,2-4,9,12H2,1H3,(H,27,31)(H,29,30)/b28-17+. The molecule has 0 saturated carbocycles. The van der Waals surface area contributed by atoms with Crippen LogP contribution in [-0.2, 0) is 13.0 Å². The Morgan fingerprint density at radius 1 is 1.12 bits per heavy atom. The topological polar surface area (TPSA) is 115 Å². The molecule has 1 aromatic carbocycles. The van der Waals surface area contributed by atoms with Crippen LogP contribution in [-0.4, -0.2) is 29.3 Å². The molecule has 0 fully saturated rings. The van der Waals surface area contributed by atoms with Crippen LogP contribution in [0.2, 0.25) is 0 Å². The van der Waals surface area contributed by atoms with Gasteiger partial charge < -0.3 is 19.2 Å². The number of furan rings is 1. The summed E-state index contributed by atoms with van der Waals surface area (Å²) in [7, 11) is 0. The second-order valence-electron chi connectivity index (χ2n) is 7.97. The summed E-state index contributed by atoms with van der Waals surface area (Å²) in [5.74, 6) is 1.64. The zero-order valence-corrected chi connectivity index (χ0v) is 19.9. The highest BCUT2D eigenvalue weighted by atomic mass is 79.9. The van der Waals surface area contributed by atoms with Crippen LogP contribution in [0, 0.1) is 6.92 Å². The maximum atomic E-state index is 12.9. The zero-order valence-electron chi connectivity index (χ0n) is 18.3. The molecule has 0 radical (unpaired) electrons. The first-order valence-corrected chi connectivity index (χ1v) is 11.6. The van der Waals surface area contributed by atoms with Crippen LogP contribution >= 0.6 is 15.9 Å². The van der Waals surface area contributed by atoms with Crippen LogP contribution in [0.1, 0.15) is 56.2 Å². The number of aromatic nitrogens is 1. The molecule has 5 rings (SSSR count). The number of halogens is 1. The van der Waals surface area contributed by atoms with Crippen molar-refractivity contribution in [1.82, 2.24) is 15.7 Å². The fourth-order valence-electron chi connectivity index (χ4n) is 4.03. The number of nitrogens with one attached hydrogen (secondary N) is 2. The van der Waals surface area contributed by atoms with E-state index in [9.17, 15) is 9.59 Å². The predicted octanol–water partition coefficient (Wildman–Crippen LogP) is 3.87. The zero-order chi connectivity index (χ0) is 23.7. The number of pyridine rings is 1. The van der Waals surface area contributed by atoms with Gasteiger partial charge in [0, 0.05) is 41.0 Å². The molecule has 1 aliphatic heterocycles. The van der Waals surface area contributed by atoms with Gasteiger partial charge in [-0.05, 0) is 59.5 Å². The Morgan fingerprint density at radius 2 is 1.97 bits per heavy atom. The molecule has 0 atom stereocenters. The number of hydrogen-bond acceptors (Lipinski definition) is 7. The molecule has 3 aromatic rings. The maximum Gasteiger partial charge on any atom is 0.287 e. The van der Waals surface area contributed by atoms with Crippen LogP contribution in [0.5, 0.6) is 11.5 Å². The Kier molecular flexibility index (Phi) is 6.06. The van der Waals surface area contributed by atoms with Gasteiger partial charge in [0.15, 0.2) is 17.3 Å². The molecule has 174 valence electrons. The highest BCUT2D eigenvalue weighted by Crippen LogP contribution is 2.33. The van der Waals surface area contributed by atoms with Gasteiger partial charge in [-0.25, -0.2) is 5.43 Å². The third kappa shape index (κ3) is 4.41. The molecule has 0 spiro atoms. The van der Waals surface area contributed by atoms with Crippen molar-refractivity contribution in [2.75, 3.05) is 6.79 Å². The van der Waals surface area contributed by atoms with Gasteiger partial charge in [-0.3, -0.25) is 14.6 Å². The van der Waals surface area contributed by atoms with Crippen molar-refractivity contribution in [2.45, 2.75) is 32.7 Å². The number of hydrogen-bond donors (Lipinski definition) is 2. The van der Waals surface area contributed by atoms with E-state index in [0.29, 0.717) is 58.0 Å². The van der Waals surface area contributed by atoms with Gasteiger partial charge >= 0.3 is 0 Å². The quantitative estimate of drug-likeness (QED) is 0.489. The molecule has 0 unspecified atom stereocenters. The van der Waals surface area contributed by atoms with Gasteiger partial charge in [-0.1, -0.05) is 6.07 Å². The largest absolute Gasteiger partial charge is 0.455 e. The molecule has 0 saturated heterocycles. The molecule has 9 nitrogen and oxygen atoms in total. The molecule has 1 aliphatic carbocycles. The third-order valence-electron chi connectivity index (χ3n) is 5.68. The smallest absolute Gasteiger partial charge is 0.287 e. The van der Waals surface area contributed by atoms with Gasteiger partial charge in [0.2, 0.25) is 6.79 Å². The number of carbonyl (C=O) groups is 2. The van der Waals surface area contributed by atoms with E-state index in [2.05, 4.69) is 36.8 Å².